The maximum Gasteiger partial charge on any atom is 0.226 e. The van der Waals surface area contributed by atoms with E-state index in [2.05, 4.69) is 39.0 Å². The van der Waals surface area contributed by atoms with Gasteiger partial charge >= 0.3 is 0 Å². The predicted molar refractivity (Wildman–Crippen MR) is 83.6 cm³/mol. The van der Waals surface area contributed by atoms with Gasteiger partial charge in [-0.2, -0.15) is 4.98 Å². The van der Waals surface area contributed by atoms with Gasteiger partial charge in [-0.3, -0.25) is 0 Å². The molecule has 0 atom stereocenters. The second-order valence-corrected chi connectivity index (χ2v) is 5.90. The van der Waals surface area contributed by atoms with Gasteiger partial charge in [0.15, 0.2) is 0 Å². The number of fused-ring (bicyclic) bond motifs is 1. The first kappa shape index (κ1) is 13.6. The Bertz CT molecular complexity index is 565. The van der Waals surface area contributed by atoms with Crippen molar-refractivity contribution in [2.75, 3.05) is 36.9 Å². The molecule has 0 aromatic carbocycles. The van der Waals surface area contributed by atoms with Gasteiger partial charge < -0.3 is 15.4 Å². The van der Waals surface area contributed by atoms with Crippen LogP contribution in [-0.4, -0.2) is 36.3 Å². The highest BCUT2D eigenvalue weighted by Crippen LogP contribution is 2.27. The molecule has 108 valence electrons. The first-order valence-corrected chi connectivity index (χ1v) is 8.05. The molecule has 6 heteroatoms. The van der Waals surface area contributed by atoms with Crippen LogP contribution in [0.5, 0.6) is 0 Å². The van der Waals surface area contributed by atoms with Crippen molar-refractivity contribution in [3.05, 3.63) is 11.4 Å². The van der Waals surface area contributed by atoms with Crippen molar-refractivity contribution >= 4 is 33.3 Å². The van der Waals surface area contributed by atoms with Crippen molar-refractivity contribution < 1.29 is 4.74 Å². The van der Waals surface area contributed by atoms with Crippen molar-refractivity contribution in [2.45, 2.75) is 19.8 Å². The van der Waals surface area contributed by atoms with Crippen molar-refractivity contribution in [1.82, 2.24) is 9.97 Å². The Morgan fingerprint density at radius 1 is 1.30 bits per heavy atom. The van der Waals surface area contributed by atoms with Gasteiger partial charge in [0.2, 0.25) is 5.95 Å². The molecule has 20 heavy (non-hydrogen) atoms. The molecule has 2 N–H and O–H groups in total. The van der Waals surface area contributed by atoms with E-state index < -0.39 is 0 Å². The van der Waals surface area contributed by atoms with Crippen LogP contribution in [0.25, 0.3) is 10.2 Å². The average Bonchev–Trinajstić information content (AvgIpc) is 2.95. The summed E-state index contributed by atoms with van der Waals surface area (Å²) < 4.78 is 5.40. The fraction of sp³-hybridized carbons (Fsp3) is 0.571. The number of thiophene rings is 1. The molecular weight excluding hydrogens is 272 g/mol. The Labute approximate surface area is 122 Å². The van der Waals surface area contributed by atoms with Crippen LogP contribution in [0.15, 0.2) is 11.4 Å². The van der Waals surface area contributed by atoms with Crippen LogP contribution in [0.1, 0.15) is 19.8 Å². The van der Waals surface area contributed by atoms with Crippen LogP contribution < -0.4 is 10.6 Å². The fourth-order valence-corrected chi connectivity index (χ4v) is 3.18. The Kier molecular flexibility index (Phi) is 4.32. The lowest BCUT2D eigenvalue weighted by atomic mass is 10.0. The summed E-state index contributed by atoms with van der Waals surface area (Å²) in [5, 5.41) is 9.87. The molecule has 0 amide bonds. The van der Waals surface area contributed by atoms with Crippen LogP contribution in [0.4, 0.5) is 11.8 Å². The lowest BCUT2D eigenvalue weighted by Crippen LogP contribution is -2.23. The standard InChI is InChI=1S/C14H20N4OS/c1-2-15-14-17-12(11-5-8-20-13(11)18-14)16-9-10-3-6-19-7-4-10/h5,8,10H,2-4,6-7,9H2,1H3,(H2,15,16,17,18). The number of aromatic nitrogens is 2. The quantitative estimate of drug-likeness (QED) is 0.887. The second kappa shape index (κ2) is 6.37. The first-order valence-electron chi connectivity index (χ1n) is 7.17. The third-order valence-corrected chi connectivity index (χ3v) is 4.37. The SMILES string of the molecule is CCNc1nc(NCC2CCOCC2)c2ccsc2n1. The number of hydrogen-bond donors (Lipinski definition) is 2. The molecule has 0 radical (unpaired) electrons. The highest BCUT2D eigenvalue weighted by Gasteiger charge is 2.15. The van der Waals surface area contributed by atoms with Crippen LogP contribution >= 0.6 is 11.3 Å². The lowest BCUT2D eigenvalue weighted by Gasteiger charge is -2.22. The maximum absolute atomic E-state index is 5.40. The minimum Gasteiger partial charge on any atom is -0.381 e. The molecule has 1 aliphatic rings. The molecule has 2 aromatic rings. The topological polar surface area (TPSA) is 59.1 Å². The minimum atomic E-state index is 0.676. The number of ether oxygens (including phenoxy) is 1. The highest BCUT2D eigenvalue weighted by atomic mass is 32.1. The molecule has 5 nitrogen and oxygen atoms in total. The third-order valence-electron chi connectivity index (χ3n) is 3.56. The maximum atomic E-state index is 5.40. The Balaban J connectivity index is 1.76. The fourth-order valence-electron chi connectivity index (χ4n) is 2.42. The molecule has 0 saturated carbocycles. The Morgan fingerprint density at radius 3 is 2.95 bits per heavy atom. The summed E-state index contributed by atoms with van der Waals surface area (Å²) in [4.78, 5) is 10.1. The molecule has 0 aliphatic carbocycles. The van der Waals surface area contributed by atoms with Crippen LogP contribution in [0.2, 0.25) is 0 Å². The van der Waals surface area contributed by atoms with Gasteiger partial charge in [0.05, 0.1) is 5.39 Å². The largest absolute Gasteiger partial charge is 0.381 e. The minimum absolute atomic E-state index is 0.676. The van der Waals surface area contributed by atoms with Crippen LogP contribution in [0, 0.1) is 5.92 Å². The molecule has 1 saturated heterocycles. The van der Waals surface area contributed by atoms with E-state index in [1.54, 1.807) is 11.3 Å². The van der Waals surface area contributed by atoms with Crippen molar-refractivity contribution in [2.24, 2.45) is 5.92 Å². The van der Waals surface area contributed by atoms with E-state index in [9.17, 15) is 0 Å². The average molecular weight is 292 g/mol. The number of rotatable bonds is 5. The van der Waals surface area contributed by atoms with Gasteiger partial charge in [-0.1, -0.05) is 0 Å². The summed E-state index contributed by atoms with van der Waals surface area (Å²) in [7, 11) is 0. The molecule has 0 bridgehead atoms. The summed E-state index contributed by atoms with van der Waals surface area (Å²) in [6.45, 7) is 5.60. The molecule has 1 aliphatic heterocycles. The van der Waals surface area contributed by atoms with Crippen LogP contribution in [0.3, 0.4) is 0 Å². The van der Waals surface area contributed by atoms with Gasteiger partial charge in [-0.15, -0.1) is 11.3 Å². The monoisotopic (exact) mass is 292 g/mol. The van der Waals surface area contributed by atoms with Gasteiger partial charge in [0.25, 0.3) is 0 Å². The van der Waals surface area contributed by atoms with E-state index in [0.717, 1.165) is 55.2 Å². The summed E-state index contributed by atoms with van der Waals surface area (Å²) in [6.07, 6.45) is 2.26. The Hall–Kier alpha value is -1.40. The van der Waals surface area contributed by atoms with Crippen molar-refractivity contribution in [1.29, 1.82) is 0 Å². The Morgan fingerprint density at radius 2 is 2.15 bits per heavy atom. The number of nitrogens with one attached hydrogen (secondary N) is 2. The third kappa shape index (κ3) is 3.02. The van der Waals surface area contributed by atoms with Gasteiger partial charge in [0.1, 0.15) is 10.6 Å². The van der Waals surface area contributed by atoms with E-state index in [0.29, 0.717) is 11.9 Å². The van der Waals surface area contributed by atoms with E-state index in [1.807, 2.05) is 0 Å². The molecule has 0 spiro atoms. The number of anilines is 2. The highest BCUT2D eigenvalue weighted by molar-refractivity contribution is 7.16. The van der Waals surface area contributed by atoms with Crippen molar-refractivity contribution in [3.8, 4) is 0 Å². The van der Waals surface area contributed by atoms with Gasteiger partial charge in [-0.05, 0) is 37.1 Å². The van der Waals surface area contributed by atoms with Crippen molar-refractivity contribution in [3.63, 3.8) is 0 Å². The zero-order chi connectivity index (χ0) is 13.8. The second-order valence-electron chi connectivity index (χ2n) is 5.00. The number of hydrogen-bond acceptors (Lipinski definition) is 6. The van der Waals surface area contributed by atoms with Gasteiger partial charge in [0, 0.05) is 26.3 Å². The smallest absolute Gasteiger partial charge is 0.226 e. The first-order chi connectivity index (χ1) is 9.86. The zero-order valence-electron chi connectivity index (χ0n) is 11.7. The molecule has 1 fully saturated rings. The van der Waals surface area contributed by atoms with E-state index >= 15 is 0 Å². The zero-order valence-corrected chi connectivity index (χ0v) is 12.5. The summed E-state index contributed by atoms with van der Waals surface area (Å²) in [5.41, 5.74) is 0. The molecule has 3 rings (SSSR count). The predicted octanol–water partition coefficient (Wildman–Crippen LogP) is 2.96. The molecule has 0 unspecified atom stereocenters. The summed E-state index contributed by atoms with van der Waals surface area (Å²) in [6, 6.07) is 2.09. The van der Waals surface area contributed by atoms with Gasteiger partial charge in [-0.25, -0.2) is 4.98 Å². The summed E-state index contributed by atoms with van der Waals surface area (Å²) in [5.74, 6) is 2.32. The molecule has 3 heterocycles. The van der Waals surface area contributed by atoms with E-state index in [4.69, 9.17) is 4.74 Å². The van der Waals surface area contributed by atoms with E-state index in [1.165, 1.54) is 0 Å². The number of nitrogens with zero attached hydrogens (tertiary/aromatic N) is 2. The molecular formula is C14H20N4OS. The summed E-state index contributed by atoms with van der Waals surface area (Å²) >= 11 is 1.65. The van der Waals surface area contributed by atoms with Crippen LogP contribution in [-0.2, 0) is 4.74 Å². The molecule has 2 aromatic heterocycles. The normalized spacial score (nSPS) is 16.4. The van der Waals surface area contributed by atoms with E-state index in [-0.39, 0.29) is 0 Å². The lowest BCUT2D eigenvalue weighted by molar-refractivity contribution is 0.0699.